The summed E-state index contributed by atoms with van der Waals surface area (Å²) in [6.07, 6.45) is 0. The number of aryl methyl sites for hydroxylation is 1. The molecular weight excluding hydrogens is 224 g/mol. The summed E-state index contributed by atoms with van der Waals surface area (Å²) in [6, 6.07) is 14.1. The first-order chi connectivity index (χ1) is 8.78. The predicted molar refractivity (Wildman–Crippen MR) is 72.5 cm³/mol. The predicted octanol–water partition coefficient (Wildman–Crippen LogP) is 2.69. The summed E-state index contributed by atoms with van der Waals surface area (Å²) in [4.78, 5) is 4.41. The third kappa shape index (κ3) is 3.57. The summed E-state index contributed by atoms with van der Waals surface area (Å²) in [7, 11) is 1.93. The van der Waals surface area contributed by atoms with Gasteiger partial charge in [-0.3, -0.25) is 4.98 Å². The van der Waals surface area contributed by atoms with Gasteiger partial charge in [0, 0.05) is 12.2 Å². The Kier molecular flexibility index (Phi) is 4.31. The van der Waals surface area contributed by atoms with Gasteiger partial charge in [-0.2, -0.15) is 0 Å². The molecule has 0 saturated heterocycles. The van der Waals surface area contributed by atoms with Gasteiger partial charge in [-0.1, -0.05) is 18.2 Å². The second-order valence-electron chi connectivity index (χ2n) is 4.24. The monoisotopic (exact) mass is 242 g/mol. The summed E-state index contributed by atoms with van der Waals surface area (Å²) in [6.45, 7) is 3.33. The van der Waals surface area contributed by atoms with E-state index in [2.05, 4.69) is 16.4 Å². The Hall–Kier alpha value is -1.87. The first-order valence-electron chi connectivity index (χ1n) is 6.07. The van der Waals surface area contributed by atoms with Crippen molar-refractivity contribution in [2.75, 3.05) is 7.05 Å². The molecule has 0 atom stereocenters. The average Bonchev–Trinajstić information content (AvgIpc) is 2.37. The van der Waals surface area contributed by atoms with Gasteiger partial charge in [-0.25, -0.2) is 0 Å². The maximum absolute atomic E-state index is 5.74. The van der Waals surface area contributed by atoms with Crippen LogP contribution in [0.15, 0.2) is 42.5 Å². The van der Waals surface area contributed by atoms with Crippen molar-refractivity contribution in [3.05, 3.63) is 59.4 Å². The Morgan fingerprint density at radius 2 is 2.00 bits per heavy atom. The maximum Gasteiger partial charge on any atom is 0.130 e. The van der Waals surface area contributed by atoms with Crippen LogP contribution in [0.2, 0.25) is 0 Å². The summed E-state index contributed by atoms with van der Waals surface area (Å²) in [5, 5.41) is 3.12. The minimum absolute atomic E-state index is 0.505. The van der Waals surface area contributed by atoms with Crippen molar-refractivity contribution >= 4 is 0 Å². The fraction of sp³-hybridized carbons (Fsp3) is 0.267. The second-order valence-corrected chi connectivity index (χ2v) is 4.24. The molecule has 0 spiro atoms. The molecule has 0 bridgehead atoms. The molecule has 18 heavy (non-hydrogen) atoms. The summed E-state index contributed by atoms with van der Waals surface area (Å²) in [5.74, 6) is 0.881. The molecule has 1 aromatic carbocycles. The van der Waals surface area contributed by atoms with Crippen LogP contribution >= 0.6 is 0 Å². The largest absolute Gasteiger partial charge is 0.487 e. The lowest BCUT2D eigenvalue weighted by atomic mass is 10.2. The Balaban J connectivity index is 1.99. The van der Waals surface area contributed by atoms with Gasteiger partial charge >= 0.3 is 0 Å². The van der Waals surface area contributed by atoms with Gasteiger partial charge in [-0.15, -0.1) is 0 Å². The van der Waals surface area contributed by atoms with E-state index in [1.54, 1.807) is 0 Å². The SMILES string of the molecule is CNCc1cccc(OCc2cccc(C)n2)c1. The molecule has 94 valence electrons. The maximum atomic E-state index is 5.74. The van der Waals surface area contributed by atoms with Crippen LogP contribution < -0.4 is 10.1 Å². The molecule has 2 rings (SSSR count). The zero-order valence-corrected chi connectivity index (χ0v) is 10.8. The van der Waals surface area contributed by atoms with E-state index in [0.29, 0.717) is 6.61 Å². The number of rotatable bonds is 5. The van der Waals surface area contributed by atoms with Crippen molar-refractivity contribution < 1.29 is 4.74 Å². The number of benzene rings is 1. The van der Waals surface area contributed by atoms with Crippen molar-refractivity contribution in [3.63, 3.8) is 0 Å². The minimum Gasteiger partial charge on any atom is -0.487 e. The Labute approximate surface area is 108 Å². The third-order valence-electron chi connectivity index (χ3n) is 2.61. The molecular formula is C15H18N2O. The van der Waals surface area contributed by atoms with Gasteiger partial charge in [0.25, 0.3) is 0 Å². The molecule has 0 fully saturated rings. The number of nitrogens with one attached hydrogen (secondary N) is 1. The molecule has 3 nitrogen and oxygen atoms in total. The van der Waals surface area contributed by atoms with Crippen molar-refractivity contribution in [1.29, 1.82) is 0 Å². The number of ether oxygens (including phenoxy) is 1. The molecule has 1 heterocycles. The highest BCUT2D eigenvalue weighted by Crippen LogP contribution is 2.14. The van der Waals surface area contributed by atoms with Crippen LogP contribution in [-0.4, -0.2) is 12.0 Å². The average molecular weight is 242 g/mol. The van der Waals surface area contributed by atoms with E-state index < -0.39 is 0 Å². The molecule has 0 radical (unpaired) electrons. The highest BCUT2D eigenvalue weighted by molar-refractivity contribution is 5.28. The standard InChI is InChI=1S/C15H18N2O/c1-12-5-3-7-14(17-12)11-18-15-8-4-6-13(9-15)10-16-2/h3-9,16H,10-11H2,1-2H3. The zero-order chi connectivity index (χ0) is 12.8. The van der Waals surface area contributed by atoms with E-state index in [4.69, 9.17) is 4.74 Å². The quantitative estimate of drug-likeness (QED) is 0.875. The number of pyridine rings is 1. The fourth-order valence-corrected chi connectivity index (χ4v) is 1.79. The van der Waals surface area contributed by atoms with Crippen LogP contribution in [0, 0.1) is 6.92 Å². The van der Waals surface area contributed by atoms with Gasteiger partial charge in [0.2, 0.25) is 0 Å². The van der Waals surface area contributed by atoms with Crippen LogP contribution in [-0.2, 0) is 13.2 Å². The Bertz CT molecular complexity index is 511. The molecule has 0 unspecified atom stereocenters. The van der Waals surface area contributed by atoms with Crippen LogP contribution in [0.4, 0.5) is 0 Å². The summed E-state index contributed by atoms with van der Waals surface area (Å²) >= 11 is 0. The Morgan fingerprint density at radius 1 is 1.17 bits per heavy atom. The van der Waals surface area contributed by atoms with Crippen LogP contribution in [0.5, 0.6) is 5.75 Å². The molecule has 0 aliphatic heterocycles. The third-order valence-corrected chi connectivity index (χ3v) is 2.61. The Morgan fingerprint density at radius 3 is 2.78 bits per heavy atom. The normalized spacial score (nSPS) is 10.3. The van der Waals surface area contributed by atoms with E-state index in [-0.39, 0.29) is 0 Å². The molecule has 2 aromatic rings. The van der Waals surface area contributed by atoms with Crippen molar-refractivity contribution in [2.45, 2.75) is 20.1 Å². The number of hydrogen-bond donors (Lipinski definition) is 1. The highest BCUT2D eigenvalue weighted by atomic mass is 16.5. The number of nitrogens with zero attached hydrogens (tertiary/aromatic N) is 1. The lowest BCUT2D eigenvalue weighted by molar-refractivity contribution is 0.301. The van der Waals surface area contributed by atoms with Gasteiger partial charge in [0.15, 0.2) is 0 Å². The first-order valence-corrected chi connectivity index (χ1v) is 6.07. The van der Waals surface area contributed by atoms with Gasteiger partial charge in [0.05, 0.1) is 5.69 Å². The van der Waals surface area contributed by atoms with Crippen LogP contribution in [0.1, 0.15) is 17.0 Å². The molecule has 0 saturated carbocycles. The van der Waals surface area contributed by atoms with Crippen molar-refractivity contribution in [1.82, 2.24) is 10.3 Å². The topological polar surface area (TPSA) is 34.1 Å². The zero-order valence-electron chi connectivity index (χ0n) is 10.8. The second kappa shape index (κ2) is 6.17. The van der Waals surface area contributed by atoms with E-state index >= 15 is 0 Å². The van der Waals surface area contributed by atoms with E-state index in [1.807, 2.05) is 50.4 Å². The molecule has 0 amide bonds. The van der Waals surface area contributed by atoms with E-state index in [1.165, 1.54) is 5.56 Å². The van der Waals surface area contributed by atoms with Crippen LogP contribution in [0.3, 0.4) is 0 Å². The highest BCUT2D eigenvalue weighted by Gasteiger charge is 1.99. The van der Waals surface area contributed by atoms with Crippen molar-refractivity contribution in [2.24, 2.45) is 0 Å². The first kappa shape index (κ1) is 12.6. The molecule has 1 aromatic heterocycles. The smallest absolute Gasteiger partial charge is 0.130 e. The molecule has 1 N–H and O–H groups in total. The van der Waals surface area contributed by atoms with Crippen LogP contribution in [0.25, 0.3) is 0 Å². The lowest BCUT2D eigenvalue weighted by Gasteiger charge is -2.08. The molecule has 0 aliphatic rings. The summed E-state index contributed by atoms with van der Waals surface area (Å²) in [5.41, 5.74) is 3.18. The van der Waals surface area contributed by atoms with Gasteiger partial charge in [-0.05, 0) is 43.8 Å². The van der Waals surface area contributed by atoms with Crippen molar-refractivity contribution in [3.8, 4) is 5.75 Å². The minimum atomic E-state index is 0.505. The summed E-state index contributed by atoms with van der Waals surface area (Å²) < 4.78 is 5.74. The number of hydrogen-bond acceptors (Lipinski definition) is 3. The molecule has 3 heteroatoms. The fourth-order valence-electron chi connectivity index (χ4n) is 1.79. The van der Waals surface area contributed by atoms with E-state index in [0.717, 1.165) is 23.7 Å². The van der Waals surface area contributed by atoms with Gasteiger partial charge in [0.1, 0.15) is 12.4 Å². The molecule has 0 aliphatic carbocycles. The van der Waals surface area contributed by atoms with E-state index in [9.17, 15) is 0 Å². The van der Waals surface area contributed by atoms with Gasteiger partial charge < -0.3 is 10.1 Å². The number of aromatic nitrogens is 1. The lowest BCUT2D eigenvalue weighted by Crippen LogP contribution is -2.05.